The van der Waals surface area contributed by atoms with Crippen LogP contribution in [0.25, 0.3) is 11.0 Å². The summed E-state index contributed by atoms with van der Waals surface area (Å²) in [5.74, 6) is 0.485. The number of hydrogen-bond donors (Lipinski definition) is 2. The van der Waals surface area contributed by atoms with Crippen LogP contribution in [0, 0.1) is 0 Å². The van der Waals surface area contributed by atoms with Crippen LogP contribution in [-0.4, -0.2) is 39.2 Å². The molecule has 7 nitrogen and oxygen atoms in total. The number of nitrogens with one attached hydrogen (secondary N) is 1. The van der Waals surface area contributed by atoms with Gasteiger partial charge in [-0.25, -0.2) is 4.68 Å². The van der Waals surface area contributed by atoms with Gasteiger partial charge in [0.25, 0.3) is 0 Å². The van der Waals surface area contributed by atoms with E-state index in [1.165, 1.54) is 0 Å². The molecule has 0 radical (unpaired) electrons. The minimum absolute atomic E-state index is 0.0592. The first kappa shape index (κ1) is 15.6. The average molecular weight is 338 g/mol. The van der Waals surface area contributed by atoms with Crippen LogP contribution >= 0.6 is 0 Å². The summed E-state index contributed by atoms with van der Waals surface area (Å²) < 4.78 is 7.35. The van der Waals surface area contributed by atoms with E-state index in [4.69, 9.17) is 9.84 Å². The van der Waals surface area contributed by atoms with Crippen LogP contribution in [0.1, 0.15) is 23.5 Å². The fourth-order valence-electron chi connectivity index (χ4n) is 3.36. The molecule has 3 aromatic rings. The summed E-state index contributed by atoms with van der Waals surface area (Å²) >= 11 is 0. The number of carbonyl (C=O) groups excluding carboxylic acids is 1. The number of anilines is 1. The number of aromatic nitrogens is 3. The summed E-state index contributed by atoms with van der Waals surface area (Å²) in [4.78, 5) is 12.3. The molecule has 0 fully saturated rings. The highest BCUT2D eigenvalue weighted by atomic mass is 16.5. The number of aryl methyl sites for hydroxylation is 1. The van der Waals surface area contributed by atoms with Crippen LogP contribution < -0.4 is 10.1 Å². The normalized spacial score (nSPS) is 16.6. The lowest BCUT2D eigenvalue weighted by Crippen LogP contribution is -2.24. The van der Waals surface area contributed by atoms with Crippen LogP contribution in [0.3, 0.4) is 0 Å². The molecule has 2 N–H and O–H groups in total. The van der Waals surface area contributed by atoms with Gasteiger partial charge in [-0.1, -0.05) is 29.5 Å². The Balaban J connectivity index is 1.86. The molecule has 0 saturated carbocycles. The van der Waals surface area contributed by atoms with Gasteiger partial charge in [0.15, 0.2) is 0 Å². The third-order valence-electron chi connectivity index (χ3n) is 4.49. The van der Waals surface area contributed by atoms with Crippen molar-refractivity contribution in [2.45, 2.75) is 12.3 Å². The second-order valence-electron chi connectivity index (χ2n) is 6.03. The lowest BCUT2D eigenvalue weighted by atomic mass is 9.84. The van der Waals surface area contributed by atoms with Crippen LogP contribution in [0.5, 0.6) is 5.75 Å². The topological polar surface area (TPSA) is 89.3 Å². The molecular formula is C18H18N4O3. The summed E-state index contributed by atoms with van der Waals surface area (Å²) in [6.45, 7) is 0.155. The molecular weight excluding hydrogens is 320 g/mol. The Morgan fingerprint density at radius 2 is 2.12 bits per heavy atom. The second kappa shape index (κ2) is 6.18. The number of amides is 1. The van der Waals surface area contributed by atoms with Gasteiger partial charge in [0.1, 0.15) is 17.9 Å². The number of para-hydroxylation sites is 1. The van der Waals surface area contributed by atoms with E-state index in [0.29, 0.717) is 23.4 Å². The number of hydrogen-bond acceptors (Lipinski definition) is 5. The first-order valence-corrected chi connectivity index (χ1v) is 8.13. The quantitative estimate of drug-likeness (QED) is 0.757. The Morgan fingerprint density at radius 3 is 2.96 bits per heavy atom. The van der Waals surface area contributed by atoms with Gasteiger partial charge >= 0.3 is 0 Å². The Labute approximate surface area is 144 Å². The van der Waals surface area contributed by atoms with Crippen LogP contribution in [0.4, 0.5) is 5.69 Å². The van der Waals surface area contributed by atoms with Gasteiger partial charge < -0.3 is 15.2 Å². The Kier molecular flexibility index (Phi) is 3.85. The number of aliphatic hydroxyl groups is 1. The SMILES string of the molecule is Cn1nnc2c3c(ccc21)C(c1ccccc1OCCO)CC(=O)N3. The minimum atomic E-state index is -0.134. The van der Waals surface area contributed by atoms with E-state index in [9.17, 15) is 4.79 Å². The van der Waals surface area contributed by atoms with E-state index in [1.807, 2.05) is 43.4 Å². The summed E-state index contributed by atoms with van der Waals surface area (Å²) in [5, 5.41) is 20.2. The van der Waals surface area contributed by atoms with Crippen LogP contribution in [0.15, 0.2) is 36.4 Å². The van der Waals surface area contributed by atoms with Crippen molar-refractivity contribution in [3.8, 4) is 5.75 Å². The maximum Gasteiger partial charge on any atom is 0.225 e. The highest BCUT2D eigenvalue weighted by Gasteiger charge is 2.30. The monoisotopic (exact) mass is 338 g/mol. The van der Waals surface area contributed by atoms with Crippen molar-refractivity contribution in [2.75, 3.05) is 18.5 Å². The standard InChI is InChI=1S/C18H18N4O3/c1-22-14-7-6-12-13(10-16(24)19-17(12)18(14)20-21-22)11-4-2-3-5-15(11)25-9-8-23/h2-7,13,23H,8-10H2,1H3,(H,19,24). The average Bonchev–Trinajstić information content (AvgIpc) is 3.01. The Bertz CT molecular complexity index is 951. The molecule has 2 aromatic carbocycles. The van der Waals surface area contributed by atoms with E-state index in [0.717, 1.165) is 16.6 Å². The number of benzene rings is 2. The third-order valence-corrected chi connectivity index (χ3v) is 4.49. The zero-order valence-electron chi connectivity index (χ0n) is 13.8. The largest absolute Gasteiger partial charge is 0.491 e. The van der Waals surface area contributed by atoms with Gasteiger partial charge in [0.05, 0.1) is 17.8 Å². The fraction of sp³-hybridized carbons (Fsp3) is 0.278. The minimum Gasteiger partial charge on any atom is -0.491 e. The zero-order valence-corrected chi connectivity index (χ0v) is 13.8. The Morgan fingerprint density at radius 1 is 1.28 bits per heavy atom. The molecule has 2 heterocycles. The van der Waals surface area contributed by atoms with Gasteiger partial charge in [-0.15, -0.1) is 5.10 Å². The van der Waals surface area contributed by atoms with Crippen molar-refractivity contribution in [1.29, 1.82) is 0 Å². The molecule has 0 spiro atoms. The van der Waals surface area contributed by atoms with Crippen molar-refractivity contribution in [3.63, 3.8) is 0 Å². The third kappa shape index (κ3) is 2.62. The number of nitrogens with zero attached hydrogens (tertiary/aromatic N) is 3. The molecule has 1 unspecified atom stereocenters. The van der Waals surface area contributed by atoms with Gasteiger partial charge in [0.2, 0.25) is 5.91 Å². The van der Waals surface area contributed by atoms with Crippen LogP contribution in [0.2, 0.25) is 0 Å². The van der Waals surface area contributed by atoms with E-state index < -0.39 is 0 Å². The lowest BCUT2D eigenvalue weighted by Gasteiger charge is -2.27. The van der Waals surface area contributed by atoms with Crippen LogP contribution in [-0.2, 0) is 11.8 Å². The molecule has 1 aliphatic heterocycles. The van der Waals surface area contributed by atoms with E-state index >= 15 is 0 Å². The molecule has 1 amide bonds. The predicted molar refractivity (Wildman–Crippen MR) is 92.6 cm³/mol. The molecule has 1 aliphatic rings. The maximum atomic E-state index is 12.3. The van der Waals surface area contributed by atoms with Crippen molar-refractivity contribution in [3.05, 3.63) is 47.5 Å². The molecule has 0 bridgehead atoms. The van der Waals surface area contributed by atoms with Crippen molar-refractivity contribution in [1.82, 2.24) is 15.0 Å². The van der Waals surface area contributed by atoms with Crippen molar-refractivity contribution >= 4 is 22.6 Å². The number of carbonyl (C=O) groups is 1. The molecule has 0 saturated heterocycles. The highest BCUT2D eigenvalue weighted by molar-refractivity contribution is 6.03. The number of fused-ring (bicyclic) bond motifs is 3. The first-order valence-electron chi connectivity index (χ1n) is 8.13. The van der Waals surface area contributed by atoms with E-state index in [2.05, 4.69) is 15.6 Å². The van der Waals surface area contributed by atoms with E-state index in [-0.39, 0.29) is 25.0 Å². The lowest BCUT2D eigenvalue weighted by molar-refractivity contribution is -0.116. The second-order valence-corrected chi connectivity index (χ2v) is 6.03. The maximum absolute atomic E-state index is 12.3. The molecule has 25 heavy (non-hydrogen) atoms. The molecule has 0 aliphatic carbocycles. The molecule has 1 atom stereocenters. The summed E-state index contributed by atoms with van der Waals surface area (Å²) in [6.07, 6.45) is 0.332. The van der Waals surface area contributed by atoms with Crippen molar-refractivity contribution in [2.24, 2.45) is 7.05 Å². The van der Waals surface area contributed by atoms with Gasteiger partial charge in [-0.05, 0) is 17.7 Å². The molecule has 4 rings (SSSR count). The first-order chi connectivity index (χ1) is 12.2. The predicted octanol–water partition coefficient (Wildman–Crippen LogP) is 1.81. The summed E-state index contributed by atoms with van der Waals surface area (Å²) in [6, 6.07) is 11.6. The molecule has 128 valence electrons. The van der Waals surface area contributed by atoms with Gasteiger partial charge in [-0.2, -0.15) is 0 Å². The molecule has 1 aromatic heterocycles. The Hall–Kier alpha value is -2.93. The fourth-order valence-corrected chi connectivity index (χ4v) is 3.36. The number of aliphatic hydroxyl groups excluding tert-OH is 1. The van der Waals surface area contributed by atoms with Gasteiger partial charge in [0, 0.05) is 24.9 Å². The highest BCUT2D eigenvalue weighted by Crippen LogP contribution is 2.42. The number of rotatable bonds is 4. The zero-order chi connectivity index (χ0) is 17.4. The smallest absolute Gasteiger partial charge is 0.225 e. The summed E-state index contributed by atoms with van der Waals surface area (Å²) in [7, 11) is 1.82. The van der Waals surface area contributed by atoms with Gasteiger partial charge in [-0.3, -0.25) is 4.79 Å². The molecule has 7 heteroatoms. The van der Waals surface area contributed by atoms with E-state index in [1.54, 1.807) is 4.68 Å². The summed E-state index contributed by atoms with van der Waals surface area (Å²) in [5.41, 5.74) is 4.18. The van der Waals surface area contributed by atoms with Crippen molar-refractivity contribution < 1.29 is 14.6 Å². The number of ether oxygens (including phenoxy) is 1.